The molecule has 0 atom stereocenters. The predicted molar refractivity (Wildman–Crippen MR) is 55.6 cm³/mol. The van der Waals surface area contributed by atoms with Gasteiger partial charge in [0.05, 0.1) is 17.4 Å². The number of halogens is 1. The van der Waals surface area contributed by atoms with Crippen LogP contribution >= 0.6 is 12.4 Å². The minimum absolute atomic E-state index is 0. The van der Waals surface area contributed by atoms with Crippen molar-refractivity contribution in [1.82, 2.24) is 14.8 Å². The van der Waals surface area contributed by atoms with Crippen molar-refractivity contribution in [3.8, 4) is 5.69 Å². The molecule has 0 unspecified atom stereocenters. The minimum Gasteiger partial charge on any atom is -0.478 e. The van der Waals surface area contributed by atoms with E-state index in [4.69, 9.17) is 5.11 Å². The molecule has 1 N–H and O–H groups in total. The second kappa shape index (κ2) is 4.56. The summed E-state index contributed by atoms with van der Waals surface area (Å²) >= 11 is 0. The molecule has 0 bridgehead atoms. The number of carboxylic acids is 1. The molecule has 2 heterocycles. The number of hydrogen-bond donors (Lipinski definition) is 1. The van der Waals surface area contributed by atoms with Gasteiger partial charge in [0.2, 0.25) is 0 Å². The van der Waals surface area contributed by atoms with Crippen molar-refractivity contribution in [2.45, 2.75) is 0 Å². The lowest BCUT2D eigenvalue weighted by Gasteiger charge is -2.03. The Morgan fingerprint density at radius 3 is 2.80 bits per heavy atom. The first-order valence-electron chi connectivity index (χ1n) is 3.96. The minimum atomic E-state index is -0.988. The number of hydrogen-bond acceptors (Lipinski definition) is 3. The van der Waals surface area contributed by atoms with E-state index in [1.165, 1.54) is 23.1 Å². The number of pyridine rings is 1. The molecule has 0 saturated heterocycles. The maximum absolute atomic E-state index is 10.8. The lowest BCUT2D eigenvalue weighted by atomic mass is 10.2. The molecule has 15 heavy (non-hydrogen) atoms. The molecule has 0 amide bonds. The summed E-state index contributed by atoms with van der Waals surface area (Å²) < 4.78 is 1.47. The molecule has 6 heteroatoms. The topological polar surface area (TPSA) is 68.0 Å². The fourth-order valence-corrected chi connectivity index (χ4v) is 1.16. The van der Waals surface area contributed by atoms with E-state index in [2.05, 4.69) is 10.1 Å². The number of aromatic nitrogens is 3. The number of carboxylic acid groups (broad SMARTS) is 1. The fourth-order valence-electron chi connectivity index (χ4n) is 1.16. The zero-order chi connectivity index (χ0) is 9.97. The first-order valence-corrected chi connectivity index (χ1v) is 3.96. The standard InChI is InChI=1S/C9H7N3O2.ClH/c13-9(14)7-2-4-10-6-8(7)12-5-1-3-11-12;/h1-6H,(H,13,14);1H. The molecular weight excluding hydrogens is 218 g/mol. The van der Waals surface area contributed by atoms with Gasteiger partial charge in [0.1, 0.15) is 0 Å². The number of carbonyl (C=O) groups is 1. The van der Waals surface area contributed by atoms with E-state index in [1.807, 2.05) is 0 Å². The summed E-state index contributed by atoms with van der Waals surface area (Å²) in [6, 6.07) is 3.16. The monoisotopic (exact) mass is 225 g/mol. The second-order valence-electron chi connectivity index (χ2n) is 2.65. The Hall–Kier alpha value is -1.88. The van der Waals surface area contributed by atoms with E-state index in [-0.39, 0.29) is 18.0 Å². The molecule has 0 radical (unpaired) electrons. The Labute approximate surface area is 91.8 Å². The predicted octanol–water partition coefficient (Wildman–Crippen LogP) is 1.39. The van der Waals surface area contributed by atoms with Crippen LogP contribution in [0.25, 0.3) is 5.69 Å². The first kappa shape index (κ1) is 11.2. The Bertz CT molecular complexity index is 456. The van der Waals surface area contributed by atoms with Crippen LogP contribution in [0, 0.1) is 0 Å². The maximum Gasteiger partial charge on any atom is 0.338 e. The first-order chi connectivity index (χ1) is 6.79. The van der Waals surface area contributed by atoms with Crippen molar-refractivity contribution in [1.29, 1.82) is 0 Å². The van der Waals surface area contributed by atoms with Gasteiger partial charge in [-0.3, -0.25) is 4.98 Å². The van der Waals surface area contributed by atoms with E-state index in [0.717, 1.165) is 0 Å². The summed E-state index contributed by atoms with van der Waals surface area (Å²) in [6.07, 6.45) is 6.16. The zero-order valence-corrected chi connectivity index (χ0v) is 8.39. The molecule has 0 aliphatic rings. The van der Waals surface area contributed by atoms with Crippen LogP contribution in [-0.4, -0.2) is 25.8 Å². The Morgan fingerprint density at radius 1 is 1.40 bits per heavy atom. The molecule has 0 aliphatic carbocycles. The molecule has 0 aromatic carbocycles. The Kier molecular flexibility index (Phi) is 3.41. The van der Waals surface area contributed by atoms with E-state index < -0.39 is 5.97 Å². The summed E-state index contributed by atoms with van der Waals surface area (Å²) in [4.78, 5) is 14.7. The van der Waals surface area contributed by atoms with Crippen LogP contribution in [0.2, 0.25) is 0 Å². The Morgan fingerprint density at radius 2 is 2.20 bits per heavy atom. The van der Waals surface area contributed by atoms with Crippen LogP contribution in [0.4, 0.5) is 0 Å². The second-order valence-corrected chi connectivity index (χ2v) is 2.65. The summed E-state index contributed by atoms with van der Waals surface area (Å²) in [6.45, 7) is 0. The molecule has 2 aromatic heterocycles. The van der Waals surface area contributed by atoms with Gasteiger partial charge in [-0.2, -0.15) is 5.10 Å². The van der Waals surface area contributed by atoms with E-state index >= 15 is 0 Å². The van der Waals surface area contributed by atoms with Crippen LogP contribution in [0.3, 0.4) is 0 Å². The normalized spacial score (nSPS) is 9.33. The lowest BCUT2D eigenvalue weighted by Crippen LogP contribution is -2.06. The summed E-state index contributed by atoms with van der Waals surface area (Å²) in [5, 5.41) is 12.8. The quantitative estimate of drug-likeness (QED) is 0.839. The largest absolute Gasteiger partial charge is 0.478 e. The van der Waals surface area contributed by atoms with Gasteiger partial charge in [-0.25, -0.2) is 9.48 Å². The van der Waals surface area contributed by atoms with Crippen molar-refractivity contribution in [3.05, 3.63) is 42.5 Å². The number of rotatable bonds is 2. The maximum atomic E-state index is 10.8. The molecule has 0 saturated carbocycles. The third-order valence-electron chi connectivity index (χ3n) is 1.78. The number of aromatic carboxylic acids is 1. The highest BCUT2D eigenvalue weighted by Gasteiger charge is 2.10. The van der Waals surface area contributed by atoms with Gasteiger partial charge in [-0.1, -0.05) is 0 Å². The average molecular weight is 226 g/mol. The highest BCUT2D eigenvalue weighted by Crippen LogP contribution is 2.11. The molecule has 0 spiro atoms. The van der Waals surface area contributed by atoms with Crippen LogP contribution in [-0.2, 0) is 0 Å². The zero-order valence-electron chi connectivity index (χ0n) is 7.57. The lowest BCUT2D eigenvalue weighted by molar-refractivity contribution is 0.0696. The molecular formula is C9H8ClN3O2. The van der Waals surface area contributed by atoms with E-state index in [9.17, 15) is 4.79 Å². The van der Waals surface area contributed by atoms with Gasteiger partial charge in [-0.05, 0) is 12.1 Å². The molecule has 2 rings (SSSR count). The van der Waals surface area contributed by atoms with Gasteiger partial charge in [-0.15, -0.1) is 12.4 Å². The molecule has 0 aliphatic heterocycles. The van der Waals surface area contributed by atoms with Gasteiger partial charge in [0, 0.05) is 18.6 Å². The third-order valence-corrected chi connectivity index (χ3v) is 1.78. The molecule has 78 valence electrons. The highest BCUT2D eigenvalue weighted by atomic mass is 35.5. The molecule has 0 fully saturated rings. The summed E-state index contributed by atoms with van der Waals surface area (Å²) in [7, 11) is 0. The van der Waals surface area contributed by atoms with Crippen molar-refractivity contribution in [3.63, 3.8) is 0 Å². The van der Waals surface area contributed by atoms with Crippen LogP contribution in [0.5, 0.6) is 0 Å². The van der Waals surface area contributed by atoms with Gasteiger partial charge in [0.15, 0.2) is 0 Å². The molecule has 5 nitrogen and oxygen atoms in total. The van der Waals surface area contributed by atoms with Crippen LogP contribution in [0.1, 0.15) is 10.4 Å². The van der Waals surface area contributed by atoms with Crippen molar-refractivity contribution in [2.75, 3.05) is 0 Å². The molecule has 2 aromatic rings. The van der Waals surface area contributed by atoms with Crippen molar-refractivity contribution < 1.29 is 9.90 Å². The van der Waals surface area contributed by atoms with Gasteiger partial charge >= 0.3 is 5.97 Å². The van der Waals surface area contributed by atoms with E-state index in [1.54, 1.807) is 18.5 Å². The Balaban J connectivity index is 0.00000112. The average Bonchev–Trinajstić information content (AvgIpc) is 2.70. The third kappa shape index (κ3) is 2.13. The summed E-state index contributed by atoms with van der Waals surface area (Å²) in [5.41, 5.74) is 0.647. The highest BCUT2D eigenvalue weighted by molar-refractivity contribution is 5.91. The number of nitrogens with zero attached hydrogens (tertiary/aromatic N) is 3. The summed E-state index contributed by atoms with van der Waals surface area (Å²) in [5.74, 6) is -0.988. The fraction of sp³-hybridized carbons (Fsp3) is 0. The smallest absolute Gasteiger partial charge is 0.338 e. The van der Waals surface area contributed by atoms with Crippen LogP contribution in [0.15, 0.2) is 36.9 Å². The van der Waals surface area contributed by atoms with Crippen molar-refractivity contribution in [2.24, 2.45) is 0 Å². The van der Waals surface area contributed by atoms with Crippen molar-refractivity contribution >= 4 is 18.4 Å². The van der Waals surface area contributed by atoms with Crippen LogP contribution < -0.4 is 0 Å². The SMILES string of the molecule is Cl.O=C(O)c1ccncc1-n1cccn1. The van der Waals surface area contributed by atoms with Gasteiger partial charge < -0.3 is 5.11 Å². The van der Waals surface area contributed by atoms with E-state index in [0.29, 0.717) is 5.69 Å². The van der Waals surface area contributed by atoms with Gasteiger partial charge in [0.25, 0.3) is 0 Å².